The Kier molecular flexibility index (Phi) is 4.24. The molecule has 3 nitrogen and oxygen atoms in total. The molecule has 0 spiro atoms. The van der Waals surface area contributed by atoms with Gasteiger partial charge in [0.05, 0.1) is 12.8 Å². The fraction of sp³-hybridized carbons (Fsp3) is 0.714. The van der Waals surface area contributed by atoms with Crippen molar-refractivity contribution in [3.8, 4) is 0 Å². The van der Waals surface area contributed by atoms with E-state index >= 15 is 0 Å². The first-order chi connectivity index (χ1) is 8.15. The van der Waals surface area contributed by atoms with Gasteiger partial charge in [-0.05, 0) is 31.4 Å². The van der Waals surface area contributed by atoms with Gasteiger partial charge in [-0.15, -0.1) is 0 Å². The summed E-state index contributed by atoms with van der Waals surface area (Å²) < 4.78 is 5.44. The Morgan fingerprint density at radius 2 is 2.35 bits per heavy atom. The first kappa shape index (κ1) is 12.7. The number of rotatable bonds is 4. The van der Waals surface area contributed by atoms with Crippen molar-refractivity contribution in [2.75, 3.05) is 13.1 Å². The van der Waals surface area contributed by atoms with Crippen molar-refractivity contribution in [2.45, 2.75) is 45.8 Å². The van der Waals surface area contributed by atoms with Crippen LogP contribution in [0.3, 0.4) is 0 Å². The number of hydrogen-bond acceptors (Lipinski definition) is 3. The van der Waals surface area contributed by atoms with Gasteiger partial charge in [0.15, 0.2) is 0 Å². The first-order valence-electron chi connectivity index (χ1n) is 6.65. The summed E-state index contributed by atoms with van der Waals surface area (Å²) in [6.07, 6.45) is 3.01. The molecule has 1 aliphatic rings. The largest absolute Gasteiger partial charge is 0.468 e. The maximum absolute atomic E-state index is 5.44. The van der Waals surface area contributed by atoms with Gasteiger partial charge in [-0.3, -0.25) is 4.90 Å². The average Bonchev–Trinajstić information content (AvgIpc) is 2.75. The van der Waals surface area contributed by atoms with Crippen LogP contribution in [0.1, 0.15) is 33.0 Å². The molecule has 2 heterocycles. The normalized spacial score (nSPS) is 26.6. The molecule has 1 aromatic heterocycles. The van der Waals surface area contributed by atoms with Crippen molar-refractivity contribution in [1.82, 2.24) is 10.2 Å². The third-order valence-corrected chi connectivity index (χ3v) is 3.48. The highest BCUT2D eigenvalue weighted by Crippen LogP contribution is 2.16. The van der Waals surface area contributed by atoms with Crippen LogP contribution in [0.15, 0.2) is 22.8 Å². The minimum absolute atomic E-state index is 0.587. The van der Waals surface area contributed by atoms with Gasteiger partial charge in [-0.1, -0.05) is 13.8 Å². The summed E-state index contributed by atoms with van der Waals surface area (Å²) in [6, 6.07) is 5.24. The molecule has 0 saturated carbocycles. The molecule has 0 aliphatic carbocycles. The zero-order chi connectivity index (χ0) is 12.3. The van der Waals surface area contributed by atoms with Crippen molar-refractivity contribution in [3.63, 3.8) is 0 Å². The SMILES string of the molecule is CC(C)CC1CN(Cc2ccco2)C(C)CN1. The van der Waals surface area contributed by atoms with E-state index in [4.69, 9.17) is 4.42 Å². The Balaban J connectivity index is 1.90. The highest BCUT2D eigenvalue weighted by molar-refractivity contribution is 4.99. The molecule has 0 aromatic carbocycles. The molecule has 2 rings (SSSR count). The molecule has 2 atom stereocenters. The van der Waals surface area contributed by atoms with Crippen LogP contribution in [0.2, 0.25) is 0 Å². The lowest BCUT2D eigenvalue weighted by molar-refractivity contribution is 0.116. The fourth-order valence-electron chi connectivity index (χ4n) is 2.54. The third kappa shape index (κ3) is 3.58. The van der Waals surface area contributed by atoms with E-state index in [0.29, 0.717) is 12.1 Å². The van der Waals surface area contributed by atoms with Crippen molar-refractivity contribution in [3.05, 3.63) is 24.2 Å². The van der Waals surface area contributed by atoms with Gasteiger partial charge in [0.2, 0.25) is 0 Å². The number of nitrogens with zero attached hydrogens (tertiary/aromatic N) is 1. The van der Waals surface area contributed by atoms with E-state index in [9.17, 15) is 0 Å². The maximum atomic E-state index is 5.44. The van der Waals surface area contributed by atoms with E-state index in [1.807, 2.05) is 6.07 Å². The minimum Gasteiger partial charge on any atom is -0.468 e. The second kappa shape index (κ2) is 5.69. The Labute approximate surface area is 104 Å². The first-order valence-corrected chi connectivity index (χ1v) is 6.65. The monoisotopic (exact) mass is 236 g/mol. The number of furan rings is 1. The maximum Gasteiger partial charge on any atom is 0.117 e. The average molecular weight is 236 g/mol. The molecule has 1 fully saturated rings. The van der Waals surface area contributed by atoms with Crippen LogP contribution in [-0.4, -0.2) is 30.1 Å². The lowest BCUT2D eigenvalue weighted by atomic mass is 10.00. The standard InChI is InChI=1S/C14H24N2O/c1-11(2)7-13-9-16(12(3)8-15-13)10-14-5-4-6-17-14/h4-6,11-13,15H,7-10H2,1-3H3. The summed E-state index contributed by atoms with van der Waals surface area (Å²) in [5.74, 6) is 1.83. The smallest absolute Gasteiger partial charge is 0.117 e. The Hall–Kier alpha value is -0.800. The number of hydrogen-bond donors (Lipinski definition) is 1. The van der Waals surface area contributed by atoms with Gasteiger partial charge in [0.25, 0.3) is 0 Å². The van der Waals surface area contributed by atoms with E-state index in [0.717, 1.165) is 31.3 Å². The molecule has 17 heavy (non-hydrogen) atoms. The summed E-state index contributed by atoms with van der Waals surface area (Å²) in [7, 11) is 0. The van der Waals surface area contributed by atoms with Crippen LogP contribution in [0.5, 0.6) is 0 Å². The molecule has 96 valence electrons. The molecule has 0 radical (unpaired) electrons. The van der Waals surface area contributed by atoms with Gasteiger partial charge in [-0.25, -0.2) is 0 Å². The zero-order valence-electron chi connectivity index (χ0n) is 11.1. The van der Waals surface area contributed by atoms with Crippen LogP contribution in [0.25, 0.3) is 0 Å². The van der Waals surface area contributed by atoms with Crippen molar-refractivity contribution < 1.29 is 4.42 Å². The van der Waals surface area contributed by atoms with Crippen LogP contribution in [-0.2, 0) is 6.54 Å². The summed E-state index contributed by atoms with van der Waals surface area (Å²) in [4.78, 5) is 2.52. The second-order valence-electron chi connectivity index (χ2n) is 5.59. The third-order valence-electron chi connectivity index (χ3n) is 3.48. The van der Waals surface area contributed by atoms with Gasteiger partial charge in [0.1, 0.15) is 5.76 Å². The molecule has 0 bridgehead atoms. The van der Waals surface area contributed by atoms with Gasteiger partial charge in [0, 0.05) is 25.2 Å². The highest BCUT2D eigenvalue weighted by Gasteiger charge is 2.25. The molecule has 3 heteroatoms. The molecule has 0 amide bonds. The molecular formula is C14H24N2O. The topological polar surface area (TPSA) is 28.4 Å². The van der Waals surface area contributed by atoms with E-state index in [1.165, 1.54) is 6.42 Å². The van der Waals surface area contributed by atoms with Gasteiger partial charge >= 0.3 is 0 Å². The second-order valence-corrected chi connectivity index (χ2v) is 5.59. The molecule has 2 unspecified atom stereocenters. The summed E-state index contributed by atoms with van der Waals surface area (Å²) in [5.41, 5.74) is 0. The molecule has 1 N–H and O–H groups in total. The Morgan fingerprint density at radius 1 is 1.53 bits per heavy atom. The molecule has 1 aromatic rings. The Bertz CT molecular complexity index is 321. The van der Waals surface area contributed by atoms with Crippen LogP contribution in [0.4, 0.5) is 0 Å². The lowest BCUT2D eigenvalue weighted by Gasteiger charge is -2.39. The lowest BCUT2D eigenvalue weighted by Crippen LogP contribution is -2.55. The summed E-state index contributed by atoms with van der Waals surface area (Å²) >= 11 is 0. The summed E-state index contributed by atoms with van der Waals surface area (Å²) in [5, 5.41) is 3.64. The molecule has 1 saturated heterocycles. The zero-order valence-corrected chi connectivity index (χ0v) is 11.1. The van der Waals surface area contributed by atoms with Crippen molar-refractivity contribution in [2.24, 2.45) is 5.92 Å². The predicted octanol–water partition coefficient (Wildman–Crippen LogP) is 2.49. The highest BCUT2D eigenvalue weighted by atomic mass is 16.3. The van der Waals surface area contributed by atoms with Gasteiger partial charge < -0.3 is 9.73 Å². The minimum atomic E-state index is 0.587. The fourth-order valence-corrected chi connectivity index (χ4v) is 2.54. The molecule has 1 aliphatic heterocycles. The van der Waals surface area contributed by atoms with Crippen molar-refractivity contribution >= 4 is 0 Å². The summed E-state index contributed by atoms with van der Waals surface area (Å²) in [6.45, 7) is 10.00. The van der Waals surface area contributed by atoms with Crippen LogP contribution >= 0.6 is 0 Å². The van der Waals surface area contributed by atoms with E-state index < -0.39 is 0 Å². The van der Waals surface area contributed by atoms with E-state index in [2.05, 4.69) is 37.1 Å². The van der Waals surface area contributed by atoms with Crippen molar-refractivity contribution in [1.29, 1.82) is 0 Å². The quantitative estimate of drug-likeness (QED) is 0.870. The number of piperazine rings is 1. The van der Waals surface area contributed by atoms with Gasteiger partial charge in [-0.2, -0.15) is 0 Å². The predicted molar refractivity (Wildman–Crippen MR) is 69.8 cm³/mol. The Morgan fingerprint density at radius 3 is 3.00 bits per heavy atom. The van der Waals surface area contributed by atoms with Crippen LogP contribution < -0.4 is 5.32 Å². The van der Waals surface area contributed by atoms with E-state index in [1.54, 1.807) is 6.26 Å². The number of nitrogens with one attached hydrogen (secondary N) is 1. The molecular weight excluding hydrogens is 212 g/mol. The van der Waals surface area contributed by atoms with E-state index in [-0.39, 0.29) is 0 Å². The van der Waals surface area contributed by atoms with Crippen LogP contribution in [0, 0.1) is 5.92 Å².